The van der Waals surface area contributed by atoms with Gasteiger partial charge in [0.2, 0.25) is 0 Å². The van der Waals surface area contributed by atoms with Crippen LogP contribution in [0, 0.1) is 0 Å². The quantitative estimate of drug-likeness (QED) is 0.907. The van der Waals surface area contributed by atoms with Crippen LogP contribution in [0.3, 0.4) is 0 Å². The molecular formula is C15H23NO3. The van der Waals surface area contributed by atoms with Gasteiger partial charge in [-0.15, -0.1) is 0 Å². The van der Waals surface area contributed by atoms with Crippen molar-refractivity contribution >= 4 is 0 Å². The Labute approximate surface area is 114 Å². The molecule has 4 nitrogen and oxygen atoms in total. The summed E-state index contributed by atoms with van der Waals surface area (Å²) in [5.74, 6) is 0.764. The summed E-state index contributed by atoms with van der Waals surface area (Å²) in [6, 6.07) is 5.56. The molecule has 1 fully saturated rings. The minimum atomic E-state index is -0.0854. The van der Waals surface area contributed by atoms with Crippen molar-refractivity contribution in [2.45, 2.75) is 32.9 Å². The Kier molecular flexibility index (Phi) is 4.32. The highest BCUT2D eigenvalue weighted by Crippen LogP contribution is 2.28. The summed E-state index contributed by atoms with van der Waals surface area (Å²) in [4.78, 5) is 2.37. The molecule has 0 radical (unpaired) electrons. The van der Waals surface area contributed by atoms with Gasteiger partial charge in [-0.25, -0.2) is 0 Å². The van der Waals surface area contributed by atoms with E-state index in [9.17, 15) is 5.11 Å². The highest BCUT2D eigenvalue weighted by Gasteiger charge is 2.27. The van der Waals surface area contributed by atoms with E-state index in [-0.39, 0.29) is 11.4 Å². The first-order valence-corrected chi connectivity index (χ1v) is 6.81. The van der Waals surface area contributed by atoms with Crippen molar-refractivity contribution in [3.8, 4) is 11.5 Å². The van der Waals surface area contributed by atoms with E-state index in [1.165, 1.54) is 0 Å². The van der Waals surface area contributed by atoms with Gasteiger partial charge in [-0.05, 0) is 38.5 Å². The van der Waals surface area contributed by atoms with Gasteiger partial charge in [0, 0.05) is 19.6 Å². The van der Waals surface area contributed by atoms with Crippen molar-refractivity contribution in [1.29, 1.82) is 0 Å². The Morgan fingerprint density at radius 1 is 1.42 bits per heavy atom. The molecule has 1 aromatic rings. The molecule has 4 heteroatoms. The van der Waals surface area contributed by atoms with Crippen LogP contribution in [0.15, 0.2) is 18.2 Å². The summed E-state index contributed by atoms with van der Waals surface area (Å²) in [7, 11) is 0. The fourth-order valence-electron chi connectivity index (χ4n) is 2.44. The molecule has 1 aliphatic heterocycles. The maximum atomic E-state index is 9.70. The number of aromatic hydroxyl groups is 1. The summed E-state index contributed by atoms with van der Waals surface area (Å²) >= 11 is 0. The average molecular weight is 265 g/mol. The molecule has 1 heterocycles. The number of hydrogen-bond acceptors (Lipinski definition) is 4. The van der Waals surface area contributed by atoms with Crippen molar-refractivity contribution in [2.24, 2.45) is 0 Å². The maximum Gasteiger partial charge on any atom is 0.161 e. The first-order valence-electron chi connectivity index (χ1n) is 6.81. The van der Waals surface area contributed by atoms with Gasteiger partial charge in [-0.3, -0.25) is 4.90 Å². The Balaban J connectivity index is 2.04. The highest BCUT2D eigenvalue weighted by atomic mass is 16.5. The number of phenols is 1. The lowest BCUT2D eigenvalue weighted by Crippen LogP contribution is -2.47. The van der Waals surface area contributed by atoms with Crippen LogP contribution in [0.25, 0.3) is 0 Å². The van der Waals surface area contributed by atoms with Crippen LogP contribution in [0.4, 0.5) is 0 Å². The molecule has 0 saturated carbocycles. The Hall–Kier alpha value is -1.26. The van der Waals surface area contributed by atoms with Crippen LogP contribution < -0.4 is 4.74 Å². The normalized spacial score (nSPS) is 19.3. The van der Waals surface area contributed by atoms with Crippen LogP contribution in [0.2, 0.25) is 0 Å². The van der Waals surface area contributed by atoms with E-state index in [0.29, 0.717) is 12.4 Å². The minimum absolute atomic E-state index is 0.0854. The average Bonchev–Trinajstić information content (AvgIpc) is 2.32. The molecule has 0 spiro atoms. The van der Waals surface area contributed by atoms with Crippen LogP contribution in [0.5, 0.6) is 11.5 Å². The zero-order valence-electron chi connectivity index (χ0n) is 12.0. The first-order chi connectivity index (χ1) is 9.00. The van der Waals surface area contributed by atoms with Gasteiger partial charge < -0.3 is 14.6 Å². The summed E-state index contributed by atoms with van der Waals surface area (Å²) in [5.41, 5.74) is 1.07. The number of morpholine rings is 1. The molecular weight excluding hydrogens is 242 g/mol. The third kappa shape index (κ3) is 3.85. The van der Waals surface area contributed by atoms with Crippen molar-refractivity contribution in [3.63, 3.8) is 0 Å². The molecule has 0 bridgehead atoms. The van der Waals surface area contributed by atoms with E-state index in [0.717, 1.165) is 31.8 Å². The number of phenolic OH excluding ortho intramolecular Hbond substituents is 1. The predicted octanol–water partition coefficient (Wildman–Crippen LogP) is 2.40. The van der Waals surface area contributed by atoms with Crippen LogP contribution in [0.1, 0.15) is 26.3 Å². The lowest BCUT2D eigenvalue weighted by molar-refractivity contribution is -0.0882. The molecule has 0 amide bonds. The van der Waals surface area contributed by atoms with Gasteiger partial charge in [0.25, 0.3) is 0 Å². The summed E-state index contributed by atoms with van der Waals surface area (Å²) in [5, 5.41) is 9.70. The van der Waals surface area contributed by atoms with Gasteiger partial charge in [0.1, 0.15) is 0 Å². The zero-order valence-corrected chi connectivity index (χ0v) is 12.0. The number of nitrogens with zero attached hydrogens (tertiary/aromatic N) is 1. The van der Waals surface area contributed by atoms with Gasteiger partial charge in [-0.1, -0.05) is 6.07 Å². The second-order valence-corrected chi connectivity index (χ2v) is 5.55. The SMILES string of the molecule is CCOc1cc(CN2CCOC(C)(C)C2)ccc1O. The Morgan fingerprint density at radius 3 is 2.89 bits per heavy atom. The molecule has 1 aliphatic rings. The fourth-order valence-corrected chi connectivity index (χ4v) is 2.44. The van der Waals surface area contributed by atoms with E-state index in [2.05, 4.69) is 18.7 Å². The molecule has 0 aliphatic carbocycles. The van der Waals surface area contributed by atoms with Gasteiger partial charge in [-0.2, -0.15) is 0 Å². The van der Waals surface area contributed by atoms with Gasteiger partial charge >= 0.3 is 0 Å². The molecule has 1 saturated heterocycles. The van der Waals surface area contributed by atoms with Crippen molar-refractivity contribution in [1.82, 2.24) is 4.90 Å². The topological polar surface area (TPSA) is 41.9 Å². The van der Waals surface area contributed by atoms with Crippen LogP contribution >= 0.6 is 0 Å². The molecule has 1 N–H and O–H groups in total. The standard InChI is InChI=1S/C15H23NO3/c1-4-18-14-9-12(5-6-13(14)17)10-16-7-8-19-15(2,3)11-16/h5-6,9,17H,4,7-8,10-11H2,1-3H3. The zero-order chi connectivity index (χ0) is 13.9. The molecule has 106 valence electrons. The predicted molar refractivity (Wildman–Crippen MR) is 74.6 cm³/mol. The second-order valence-electron chi connectivity index (χ2n) is 5.55. The third-order valence-electron chi connectivity index (χ3n) is 3.23. The second kappa shape index (κ2) is 5.80. The van der Waals surface area contributed by atoms with Crippen LogP contribution in [-0.4, -0.2) is 41.9 Å². The highest BCUT2D eigenvalue weighted by molar-refractivity contribution is 5.41. The number of hydrogen-bond donors (Lipinski definition) is 1. The van der Waals surface area contributed by atoms with Gasteiger partial charge in [0.05, 0.1) is 18.8 Å². The van der Waals surface area contributed by atoms with Crippen molar-refractivity contribution in [2.75, 3.05) is 26.3 Å². The minimum Gasteiger partial charge on any atom is -0.504 e. The van der Waals surface area contributed by atoms with Gasteiger partial charge in [0.15, 0.2) is 11.5 Å². The van der Waals surface area contributed by atoms with E-state index >= 15 is 0 Å². The van der Waals surface area contributed by atoms with Crippen LogP contribution in [-0.2, 0) is 11.3 Å². The van der Waals surface area contributed by atoms with E-state index in [1.54, 1.807) is 6.07 Å². The smallest absolute Gasteiger partial charge is 0.161 e. The fraction of sp³-hybridized carbons (Fsp3) is 0.600. The number of rotatable bonds is 4. The molecule has 2 rings (SSSR count). The lowest BCUT2D eigenvalue weighted by Gasteiger charge is -2.38. The Bertz CT molecular complexity index is 431. The monoisotopic (exact) mass is 265 g/mol. The van der Waals surface area contributed by atoms with Crippen molar-refractivity contribution < 1.29 is 14.6 Å². The summed E-state index contributed by atoms with van der Waals surface area (Å²) in [6.07, 6.45) is 0. The van der Waals surface area contributed by atoms with E-state index in [1.807, 2.05) is 19.1 Å². The molecule has 0 unspecified atom stereocenters. The number of benzene rings is 1. The molecule has 0 aromatic heterocycles. The largest absolute Gasteiger partial charge is 0.504 e. The first kappa shape index (κ1) is 14.2. The number of ether oxygens (including phenoxy) is 2. The molecule has 0 atom stereocenters. The van der Waals surface area contributed by atoms with Crippen molar-refractivity contribution in [3.05, 3.63) is 23.8 Å². The molecule has 19 heavy (non-hydrogen) atoms. The van der Waals surface area contributed by atoms with E-state index in [4.69, 9.17) is 9.47 Å². The maximum absolute atomic E-state index is 9.70. The van der Waals surface area contributed by atoms with E-state index < -0.39 is 0 Å². The Morgan fingerprint density at radius 2 is 2.21 bits per heavy atom. The lowest BCUT2D eigenvalue weighted by atomic mass is 10.1. The molecule has 1 aromatic carbocycles. The summed E-state index contributed by atoms with van der Waals surface area (Å²) < 4.78 is 11.1. The third-order valence-corrected chi connectivity index (χ3v) is 3.23. The summed E-state index contributed by atoms with van der Waals surface area (Å²) in [6.45, 7) is 10.2.